The Morgan fingerprint density at radius 3 is 2.73 bits per heavy atom. The molecule has 1 fully saturated rings. The van der Waals surface area contributed by atoms with E-state index in [1.807, 2.05) is 37.4 Å². The average Bonchev–Trinajstić information content (AvgIpc) is 2.50. The molecule has 1 rings (SSSR count). The summed E-state index contributed by atoms with van der Waals surface area (Å²) in [5, 5.41) is 0.600. The molecule has 4 heteroatoms. The fraction of sp³-hybridized carbons (Fsp3) is 0.909. The van der Waals surface area contributed by atoms with Gasteiger partial charge in [0.25, 0.3) is 0 Å². The van der Waals surface area contributed by atoms with Gasteiger partial charge in [0, 0.05) is 18.3 Å². The van der Waals surface area contributed by atoms with Gasteiger partial charge in [-0.25, -0.2) is 4.79 Å². The number of ether oxygens (including phenoxy) is 1. The standard InChI is InChI=1S/C11H21NO2S/c1-5-15-9-6-7-12(8-9)10(13)14-11(2,3)4/h9H,5-8H2,1-4H3. The third-order valence-electron chi connectivity index (χ3n) is 2.20. The van der Waals surface area contributed by atoms with Crippen LogP contribution in [0.25, 0.3) is 0 Å². The summed E-state index contributed by atoms with van der Waals surface area (Å²) in [4.78, 5) is 13.5. The topological polar surface area (TPSA) is 29.5 Å². The molecule has 0 N–H and O–H groups in total. The van der Waals surface area contributed by atoms with Gasteiger partial charge in [-0.2, -0.15) is 11.8 Å². The Hall–Kier alpha value is -0.380. The quantitative estimate of drug-likeness (QED) is 0.732. The van der Waals surface area contributed by atoms with Crippen molar-refractivity contribution in [1.29, 1.82) is 0 Å². The first-order valence-electron chi connectivity index (χ1n) is 5.52. The summed E-state index contributed by atoms with van der Waals surface area (Å²) in [5.41, 5.74) is -0.382. The van der Waals surface area contributed by atoms with Crippen molar-refractivity contribution in [3.63, 3.8) is 0 Å². The Labute approximate surface area is 96.5 Å². The van der Waals surface area contributed by atoms with E-state index in [2.05, 4.69) is 6.92 Å². The average molecular weight is 231 g/mol. The molecule has 1 aliphatic heterocycles. The molecule has 1 heterocycles. The SMILES string of the molecule is CCSC1CCN(C(=O)OC(C)(C)C)C1. The Morgan fingerprint density at radius 1 is 1.53 bits per heavy atom. The number of amides is 1. The molecular weight excluding hydrogens is 210 g/mol. The fourth-order valence-corrected chi connectivity index (χ4v) is 2.62. The highest BCUT2D eigenvalue weighted by Crippen LogP contribution is 2.23. The van der Waals surface area contributed by atoms with Gasteiger partial charge < -0.3 is 9.64 Å². The van der Waals surface area contributed by atoms with Gasteiger partial charge in [0.15, 0.2) is 0 Å². The second kappa shape index (κ2) is 5.10. The van der Waals surface area contributed by atoms with Gasteiger partial charge in [-0.1, -0.05) is 6.92 Å². The molecule has 1 aliphatic rings. The Morgan fingerprint density at radius 2 is 2.20 bits per heavy atom. The predicted octanol–water partition coefficient (Wildman–Crippen LogP) is 2.75. The molecule has 1 amide bonds. The molecule has 0 bridgehead atoms. The number of carbonyl (C=O) groups is 1. The maximum Gasteiger partial charge on any atom is 0.410 e. The number of hydrogen-bond donors (Lipinski definition) is 0. The molecule has 0 aromatic carbocycles. The van der Waals surface area contributed by atoms with Crippen LogP contribution in [0.3, 0.4) is 0 Å². The largest absolute Gasteiger partial charge is 0.444 e. The van der Waals surface area contributed by atoms with Gasteiger partial charge in [0.2, 0.25) is 0 Å². The van der Waals surface area contributed by atoms with Crippen LogP contribution >= 0.6 is 11.8 Å². The fourth-order valence-electron chi connectivity index (χ4n) is 1.59. The van der Waals surface area contributed by atoms with E-state index in [0.29, 0.717) is 5.25 Å². The predicted molar refractivity (Wildman–Crippen MR) is 64.3 cm³/mol. The van der Waals surface area contributed by atoms with E-state index in [0.717, 1.165) is 25.3 Å². The summed E-state index contributed by atoms with van der Waals surface area (Å²) in [7, 11) is 0. The van der Waals surface area contributed by atoms with Crippen LogP contribution in [-0.2, 0) is 4.74 Å². The lowest BCUT2D eigenvalue weighted by molar-refractivity contribution is 0.0295. The number of hydrogen-bond acceptors (Lipinski definition) is 3. The van der Waals surface area contributed by atoms with Crippen molar-refractivity contribution < 1.29 is 9.53 Å². The van der Waals surface area contributed by atoms with Crippen LogP contribution in [-0.4, -0.2) is 40.7 Å². The summed E-state index contributed by atoms with van der Waals surface area (Å²) >= 11 is 1.93. The van der Waals surface area contributed by atoms with Crippen LogP contribution in [0.4, 0.5) is 4.79 Å². The molecule has 0 radical (unpaired) electrons. The van der Waals surface area contributed by atoms with Crippen LogP contribution in [0.15, 0.2) is 0 Å². The molecule has 3 nitrogen and oxygen atoms in total. The number of likely N-dealkylation sites (tertiary alicyclic amines) is 1. The molecule has 0 spiro atoms. The highest BCUT2D eigenvalue weighted by molar-refractivity contribution is 7.99. The summed E-state index contributed by atoms with van der Waals surface area (Å²) in [6.07, 6.45) is 0.930. The summed E-state index contributed by atoms with van der Waals surface area (Å²) < 4.78 is 5.33. The molecule has 0 saturated carbocycles. The summed E-state index contributed by atoms with van der Waals surface area (Å²) in [6, 6.07) is 0. The smallest absolute Gasteiger partial charge is 0.410 e. The number of nitrogens with zero attached hydrogens (tertiary/aromatic N) is 1. The van der Waals surface area contributed by atoms with Gasteiger partial charge in [0.1, 0.15) is 5.60 Å². The molecule has 88 valence electrons. The number of carbonyl (C=O) groups excluding carboxylic acids is 1. The van der Waals surface area contributed by atoms with E-state index in [1.54, 1.807) is 0 Å². The summed E-state index contributed by atoms with van der Waals surface area (Å²) in [6.45, 7) is 9.54. The maximum absolute atomic E-state index is 11.7. The van der Waals surface area contributed by atoms with Crippen molar-refractivity contribution in [3.05, 3.63) is 0 Å². The van der Waals surface area contributed by atoms with Gasteiger partial charge >= 0.3 is 6.09 Å². The number of thioether (sulfide) groups is 1. The molecule has 1 atom stereocenters. The van der Waals surface area contributed by atoms with E-state index < -0.39 is 0 Å². The minimum Gasteiger partial charge on any atom is -0.444 e. The van der Waals surface area contributed by atoms with Crippen LogP contribution in [0.1, 0.15) is 34.1 Å². The zero-order valence-electron chi connectivity index (χ0n) is 10.1. The van der Waals surface area contributed by atoms with Crippen molar-refractivity contribution in [2.24, 2.45) is 0 Å². The number of rotatable bonds is 2. The van der Waals surface area contributed by atoms with Gasteiger partial charge in [-0.15, -0.1) is 0 Å². The van der Waals surface area contributed by atoms with Crippen LogP contribution in [0.2, 0.25) is 0 Å². The third kappa shape index (κ3) is 4.33. The van der Waals surface area contributed by atoms with Crippen LogP contribution < -0.4 is 0 Å². The van der Waals surface area contributed by atoms with Gasteiger partial charge in [-0.05, 0) is 32.9 Å². The Kier molecular flexibility index (Phi) is 4.32. The lowest BCUT2D eigenvalue weighted by atomic mass is 10.2. The van der Waals surface area contributed by atoms with E-state index in [1.165, 1.54) is 0 Å². The molecule has 0 aromatic rings. The highest BCUT2D eigenvalue weighted by Gasteiger charge is 2.29. The molecule has 1 saturated heterocycles. The van der Waals surface area contributed by atoms with Crippen molar-refractivity contribution >= 4 is 17.9 Å². The van der Waals surface area contributed by atoms with E-state index in [9.17, 15) is 4.79 Å². The lowest BCUT2D eigenvalue weighted by Crippen LogP contribution is -2.35. The van der Waals surface area contributed by atoms with E-state index in [-0.39, 0.29) is 11.7 Å². The maximum atomic E-state index is 11.7. The first-order chi connectivity index (χ1) is 6.92. The minimum atomic E-state index is -0.382. The third-order valence-corrected chi connectivity index (χ3v) is 3.39. The van der Waals surface area contributed by atoms with Gasteiger partial charge in [0.05, 0.1) is 0 Å². The van der Waals surface area contributed by atoms with Crippen molar-refractivity contribution in [2.75, 3.05) is 18.8 Å². The molecular formula is C11H21NO2S. The van der Waals surface area contributed by atoms with Crippen molar-refractivity contribution in [3.8, 4) is 0 Å². The van der Waals surface area contributed by atoms with Gasteiger partial charge in [-0.3, -0.25) is 0 Å². The Bertz CT molecular complexity index is 225. The lowest BCUT2D eigenvalue weighted by Gasteiger charge is -2.24. The van der Waals surface area contributed by atoms with Crippen molar-refractivity contribution in [1.82, 2.24) is 4.90 Å². The normalized spacial score (nSPS) is 21.9. The molecule has 1 unspecified atom stereocenters. The van der Waals surface area contributed by atoms with E-state index in [4.69, 9.17) is 4.74 Å². The zero-order chi connectivity index (χ0) is 11.5. The van der Waals surface area contributed by atoms with Crippen LogP contribution in [0.5, 0.6) is 0 Å². The first-order valence-corrected chi connectivity index (χ1v) is 6.57. The zero-order valence-corrected chi connectivity index (χ0v) is 10.9. The molecule has 0 aromatic heterocycles. The van der Waals surface area contributed by atoms with Crippen LogP contribution in [0, 0.1) is 0 Å². The minimum absolute atomic E-state index is 0.165. The second-order valence-corrected chi connectivity index (χ2v) is 6.37. The molecule has 15 heavy (non-hydrogen) atoms. The van der Waals surface area contributed by atoms with Crippen molar-refractivity contribution in [2.45, 2.75) is 45.0 Å². The van der Waals surface area contributed by atoms with E-state index >= 15 is 0 Å². The second-order valence-electron chi connectivity index (χ2n) is 4.79. The Balaban J connectivity index is 2.37. The monoisotopic (exact) mass is 231 g/mol. The molecule has 0 aliphatic carbocycles. The summed E-state index contributed by atoms with van der Waals surface area (Å²) in [5.74, 6) is 1.12. The highest BCUT2D eigenvalue weighted by atomic mass is 32.2. The first kappa shape index (κ1) is 12.7.